The maximum absolute atomic E-state index is 5.21. The molecule has 1 unspecified atom stereocenters. The van der Waals surface area contributed by atoms with Gasteiger partial charge >= 0.3 is 0 Å². The van der Waals surface area contributed by atoms with Crippen molar-refractivity contribution < 1.29 is 4.74 Å². The highest BCUT2D eigenvalue weighted by Gasteiger charge is 2.16. The molecule has 0 spiro atoms. The fourth-order valence-corrected chi connectivity index (χ4v) is 3.07. The van der Waals surface area contributed by atoms with Gasteiger partial charge in [-0.15, -0.1) is 11.3 Å². The Bertz CT molecular complexity index is 739. The lowest BCUT2D eigenvalue weighted by molar-refractivity contribution is 0.414. The van der Waals surface area contributed by atoms with Crippen LogP contribution in [-0.2, 0) is 0 Å². The van der Waals surface area contributed by atoms with Crippen molar-refractivity contribution in [3.63, 3.8) is 0 Å². The zero-order valence-corrected chi connectivity index (χ0v) is 13.1. The van der Waals surface area contributed by atoms with E-state index in [1.165, 1.54) is 5.56 Å². The summed E-state index contributed by atoms with van der Waals surface area (Å²) >= 11 is 1.64. The Kier molecular flexibility index (Phi) is 3.75. The Balaban J connectivity index is 1.93. The van der Waals surface area contributed by atoms with Crippen LogP contribution in [0.2, 0.25) is 0 Å². The Labute approximate surface area is 128 Å². The number of ether oxygens (including phenoxy) is 1. The maximum Gasteiger partial charge on any atom is 0.141 e. The molecule has 0 aliphatic heterocycles. The van der Waals surface area contributed by atoms with Crippen LogP contribution in [0, 0.1) is 0 Å². The van der Waals surface area contributed by atoms with Crippen molar-refractivity contribution in [2.45, 2.75) is 13.0 Å². The number of aromatic nitrogens is 2. The summed E-state index contributed by atoms with van der Waals surface area (Å²) in [5.74, 6) is 1.83. The van der Waals surface area contributed by atoms with Gasteiger partial charge in [0.05, 0.1) is 18.5 Å². The van der Waals surface area contributed by atoms with Gasteiger partial charge in [0.2, 0.25) is 0 Å². The Morgan fingerprint density at radius 2 is 1.90 bits per heavy atom. The number of fused-ring (bicyclic) bond motifs is 1. The van der Waals surface area contributed by atoms with Crippen LogP contribution in [0.25, 0.3) is 10.2 Å². The number of anilines is 1. The van der Waals surface area contributed by atoms with Gasteiger partial charge in [0.25, 0.3) is 0 Å². The molecule has 2 aromatic heterocycles. The van der Waals surface area contributed by atoms with Crippen molar-refractivity contribution in [3.05, 3.63) is 47.6 Å². The molecule has 0 saturated carbocycles. The molecule has 108 valence electrons. The van der Waals surface area contributed by atoms with Crippen LogP contribution >= 0.6 is 11.3 Å². The van der Waals surface area contributed by atoms with E-state index in [0.29, 0.717) is 0 Å². The lowest BCUT2D eigenvalue weighted by Crippen LogP contribution is -2.22. The van der Waals surface area contributed by atoms with Gasteiger partial charge in [-0.05, 0) is 36.1 Å². The Morgan fingerprint density at radius 1 is 1.14 bits per heavy atom. The van der Waals surface area contributed by atoms with E-state index in [1.807, 2.05) is 12.1 Å². The number of hydrogen-bond donors (Lipinski definition) is 0. The summed E-state index contributed by atoms with van der Waals surface area (Å²) in [4.78, 5) is 12.0. The van der Waals surface area contributed by atoms with E-state index in [-0.39, 0.29) is 6.04 Å². The number of benzene rings is 1. The lowest BCUT2D eigenvalue weighted by atomic mass is 10.1. The SMILES string of the molecule is COc1ccc(C(C)N(C)c2ncnc3sccc23)cc1. The number of methoxy groups -OCH3 is 1. The van der Waals surface area contributed by atoms with Gasteiger partial charge in [-0.3, -0.25) is 0 Å². The summed E-state index contributed by atoms with van der Waals surface area (Å²) < 4.78 is 5.21. The molecule has 0 aliphatic rings. The third-order valence-electron chi connectivity index (χ3n) is 3.75. The normalized spacial score (nSPS) is 12.3. The second-order valence-electron chi connectivity index (χ2n) is 4.90. The molecule has 1 aromatic carbocycles. The molecular formula is C16H17N3OS. The Morgan fingerprint density at radius 3 is 2.62 bits per heavy atom. The fraction of sp³-hybridized carbons (Fsp3) is 0.250. The summed E-state index contributed by atoms with van der Waals surface area (Å²) in [5.41, 5.74) is 1.22. The molecule has 0 saturated heterocycles. The first kappa shape index (κ1) is 13.8. The zero-order chi connectivity index (χ0) is 14.8. The second-order valence-corrected chi connectivity index (χ2v) is 5.79. The summed E-state index contributed by atoms with van der Waals surface area (Å²) in [7, 11) is 3.74. The molecule has 3 aromatic rings. The monoisotopic (exact) mass is 299 g/mol. The highest BCUT2D eigenvalue weighted by Crippen LogP contribution is 2.31. The van der Waals surface area contributed by atoms with E-state index in [1.54, 1.807) is 24.8 Å². The van der Waals surface area contributed by atoms with Crippen LogP contribution in [0.3, 0.4) is 0 Å². The quantitative estimate of drug-likeness (QED) is 0.732. The number of thiophene rings is 1. The molecule has 5 heteroatoms. The molecular weight excluding hydrogens is 282 g/mol. The van der Waals surface area contributed by atoms with Crippen molar-refractivity contribution >= 4 is 27.4 Å². The minimum atomic E-state index is 0.217. The second kappa shape index (κ2) is 5.69. The first-order valence-corrected chi connectivity index (χ1v) is 7.63. The van der Waals surface area contributed by atoms with Gasteiger partial charge in [-0.1, -0.05) is 12.1 Å². The largest absolute Gasteiger partial charge is 0.497 e. The van der Waals surface area contributed by atoms with E-state index in [4.69, 9.17) is 4.74 Å². The van der Waals surface area contributed by atoms with Crippen LogP contribution in [0.4, 0.5) is 5.82 Å². The van der Waals surface area contributed by atoms with E-state index >= 15 is 0 Å². The molecule has 21 heavy (non-hydrogen) atoms. The highest BCUT2D eigenvalue weighted by molar-refractivity contribution is 7.16. The van der Waals surface area contributed by atoms with E-state index in [0.717, 1.165) is 21.8 Å². The van der Waals surface area contributed by atoms with E-state index in [9.17, 15) is 0 Å². The molecule has 4 nitrogen and oxygen atoms in total. The predicted molar refractivity (Wildman–Crippen MR) is 87.2 cm³/mol. The van der Waals surface area contributed by atoms with Crippen LogP contribution < -0.4 is 9.64 Å². The molecule has 3 rings (SSSR count). The van der Waals surface area contributed by atoms with Gasteiger partial charge in [0.15, 0.2) is 0 Å². The van der Waals surface area contributed by atoms with Gasteiger partial charge in [-0.25, -0.2) is 9.97 Å². The summed E-state index contributed by atoms with van der Waals surface area (Å²) in [6.07, 6.45) is 1.63. The standard InChI is InChI=1S/C16H17N3OS/c1-11(12-4-6-13(20-3)7-5-12)19(2)15-14-8-9-21-16(14)18-10-17-15/h4-11H,1-3H3. The van der Waals surface area contributed by atoms with Crippen LogP contribution in [0.15, 0.2) is 42.0 Å². The summed E-state index contributed by atoms with van der Waals surface area (Å²) in [6.45, 7) is 2.17. The van der Waals surface area contributed by atoms with Gasteiger partial charge in [-0.2, -0.15) is 0 Å². The van der Waals surface area contributed by atoms with Crippen molar-refractivity contribution in [3.8, 4) is 5.75 Å². The number of rotatable bonds is 4. The minimum absolute atomic E-state index is 0.217. The molecule has 0 amide bonds. The number of hydrogen-bond acceptors (Lipinski definition) is 5. The molecule has 0 radical (unpaired) electrons. The average Bonchev–Trinajstić information content (AvgIpc) is 3.02. The first-order valence-electron chi connectivity index (χ1n) is 6.75. The van der Waals surface area contributed by atoms with E-state index in [2.05, 4.69) is 52.4 Å². The minimum Gasteiger partial charge on any atom is -0.497 e. The molecule has 1 atom stereocenters. The third-order valence-corrected chi connectivity index (χ3v) is 4.57. The first-order chi connectivity index (χ1) is 10.2. The smallest absolute Gasteiger partial charge is 0.141 e. The molecule has 2 heterocycles. The van der Waals surface area contributed by atoms with Crippen LogP contribution in [0.1, 0.15) is 18.5 Å². The molecule has 0 fully saturated rings. The lowest BCUT2D eigenvalue weighted by Gasteiger charge is -2.26. The zero-order valence-electron chi connectivity index (χ0n) is 12.3. The van der Waals surface area contributed by atoms with Crippen molar-refractivity contribution in [1.29, 1.82) is 0 Å². The van der Waals surface area contributed by atoms with E-state index < -0.39 is 0 Å². The van der Waals surface area contributed by atoms with Crippen LogP contribution in [-0.4, -0.2) is 24.1 Å². The molecule has 0 bridgehead atoms. The van der Waals surface area contributed by atoms with Gasteiger partial charge < -0.3 is 9.64 Å². The molecule has 0 aliphatic carbocycles. The summed E-state index contributed by atoms with van der Waals surface area (Å²) in [5, 5.41) is 3.15. The third kappa shape index (κ3) is 2.56. The maximum atomic E-state index is 5.21. The highest BCUT2D eigenvalue weighted by atomic mass is 32.1. The predicted octanol–water partition coefficient (Wildman–Crippen LogP) is 3.90. The number of nitrogens with zero attached hydrogens (tertiary/aromatic N) is 3. The fourth-order valence-electron chi connectivity index (χ4n) is 2.35. The molecule has 0 N–H and O–H groups in total. The van der Waals surface area contributed by atoms with Crippen molar-refractivity contribution in [2.24, 2.45) is 0 Å². The topological polar surface area (TPSA) is 38.2 Å². The van der Waals surface area contributed by atoms with Crippen molar-refractivity contribution in [2.75, 3.05) is 19.1 Å². The Hall–Kier alpha value is -2.14. The summed E-state index contributed by atoms with van der Waals surface area (Å²) in [6, 6.07) is 10.4. The average molecular weight is 299 g/mol. The van der Waals surface area contributed by atoms with Gasteiger partial charge in [0, 0.05) is 7.05 Å². The van der Waals surface area contributed by atoms with Gasteiger partial charge in [0.1, 0.15) is 22.7 Å². The van der Waals surface area contributed by atoms with Crippen molar-refractivity contribution in [1.82, 2.24) is 9.97 Å². The van der Waals surface area contributed by atoms with Crippen LogP contribution in [0.5, 0.6) is 5.75 Å².